The van der Waals surface area contributed by atoms with Crippen LogP contribution in [0.2, 0.25) is 0 Å². The molecule has 1 unspecified atom stereocenters. The molecular formula is C25H26BrN3O6. The lowest BCUT2D eigenvalue weighted by molar-refractivity contribution is -0.158. The average molecular weight is 544 g/mol. The van der Waals surface area contributed by atoms with Crippen molar-refractivity contribution in [1.82, 2.24) is 15.1 Å². The number of urea groups is 1. The van der Waals surface area contributed by atoms with Crippen LogP contribution < -0.4 is 10.1 Å². The van der Waals surface area contributed by atoms with E-state index >= 15 is 0 Å². The number of imide groups is 1. The molecule has 1 fully saturated rings. The number of esters is 1. The Labute approximate surface area is 211 Å². The standard InChI is InChI=1S/C25H26BrN3O6/c1-24(2,3)22(32)35-14-29-21(31)25(27-23(29)33,16-6-8-17(26)9-7-16)13-28-12-15-5-10-18(34-4)11-19(15)20(28)30/h5-11H,12-14H2,1-4H3,(H,27,33). The largest absolute Gasteiger partial charge is 0.497 e. The fraction of sp³-hybridized carbons (Fsp3) is 0.360. The lowest BCUT2D eigenvalue weighted by Gasteiger charge is -2.32. The van der Waals surface area contributed by atoms with Gasteiger partial charge in [0.15, 0.2) is 12.3 Å². The minimum Gasteiger partial charge on any atom is -0.497 e. The van der Waals surface area contributed by atoms with Crippen molar-refractivity contribution in [2.75, 3.05) is 20.4 Å². The summed E-state index contributed by atoms with van der Waals surface area (Å²) in [7, 11) is 1.52. The van der Waals surface area contributed by atoms with Gasteiger partial charge in [0, 0.05) is 16.6 Å². The maximum Gasteiger partial charge on any atom is 0.328 e. The van der Waals surface area contributed by atoms with Crippen LogP contribution in [0.4, 0.5) is 4.79 Å². The Morgan fingerprint density at radius 3 is 2.43 bits per heavy atom. The molecule has 1 saturated heterocycles. The molecule has 4 amide bonds. The molecule has 10 heteroatoms. The molecule has 2 heterocycles. The molecule has 1 N–H and O–H groups in total. The zero-order chi connectivity index (χ0) is 25.5. The molecule has 0 aromatic heterocycles. The van der Waals surface area contributed by atoms with Crippen LogP contribution in [-0.4, -0.2) is 54.0 Å². The number of fused-ring (bicyclic) bond motifs is 1. The summed E-state index contributed by atoms with van der Waals surface area (Å²) in [4.78, 5) is 54.5. The SMILES string of the molecule is COc1ccc2c(c1)C(=O)N(CC1(c3ccc(Br)cc3)NC(=O)N(COC(=O)C(C)(C)C)C1=O)C2. The Bertz CT molecular complexity index is 1210. The van der Waals surface area contributed by atoms with E-state index in [2.05, 4.69) is 21.2 Å². The molecule has 0 radical (unpaired) electrons. The van der Waals surface area contributed by atoms with Crippen LogP contribution in [0.25, 0.3) is 0 Å². The third kappa shape index (κ3) is 4.50. The number of nitrogens with one attached hydrogen (secondary N) is 1. The Balaban J connectivity index is 1.66. The molecule has 0 bridgehead atoms. The number of benzene rings is 2. The van der Waals surface area contributed by atoms with E-state index in [1.54, 1.807) is 57.2 Å². The van der Waals surface area contributed by atoms with E-state index in [1.165, 1.54) is 12.0 Å². The first kappa shape index (κ1) is 24.7. The Hall–Kier alpha value is -3.40. The molecule has 35 heavy (non-hydrogen) atoms. The van der Waals surface area contributed by atoms with E-state index < -0.39 is 35.6 Å². The van der Waals surface area contributed by atoms with Crippen molar-refractivity contribution in [2.45, 2.75) is 32.9 Å². The Morgan fingerprint density at radius 2 is 1.80 bits per heavy atom. The van der Waals surface area contributed by atoms with Crippen molar-refractivity contribution in [2.24, 2.45) is 5.41 Å². The maximum absolute atomic E-state index is 13.7. The lowest BCUT2D eigenvalue weighted by Crippen LogP contribution is -2.53. The van der Waals surface area contributed by atoms with Gasteiger partial charge in [0.2, 0.25) is 0 Å². The van der Waals surface area contributed by atoms with E-state index in [0.717, 1.165) is 14.9 Å². The highest BCUT2D eigenvalue weighted by atomic mass is 79.9. The van der Waals surface area contributed by atoms with Gasteiger partial charge in [-0.25, -0.2) is 9.69 Å². The number of carbonyl (C=O) groups excluding carboxylic acids is 4. The van der Waals surface area contributed by atoms with Crippen molar-refractivity contribution in [3.63, 3.8) is 0 Å². The third-order valence-corrected chi connectivity index (χ3v) is 6.60. The van der Waals surface area contributed by atoms with E-state index in [-0.39, 0.29) is 19.0 Å². The fourth-order valence-electron chi connectivity index (χ4n) is 4.09. The number of halogens is 1. The van der Waals surface area contributed by atoms with Crippen LogP contribution in [0.5, 0.6) is 5.75 Å². The number of rotatable bonds is 6. The Kier molecular flexibility index (Phi) is 6.35. The average Bonchev–Trinajstić information content (AvgIpc) is 3.24. The monoisotopic (exact) mass is 543 g/mol. The van der Waals surface area contributed by atoms with Gasteiger partial charge in [-0.3, -0.25) is 14.4 Å². The van der Waals surface area contributed by atoms with Crippen LogP contribution >= 0.6 is 15.9 Å². The minimum atomic E-state index is -1.55. The van der Waals surface area contributed by atoms with Crippen LogP contribution in [0.1, 0.15) is 42.3 Å². The normalized spacial score (nSPS) is 19.6. The van der Waals surface area contributed by atoms with Crippen molar-refractivity contribution < 1.29 is 28.7 Å². The van der Waals surface area contributed by atoms with Gasteiger partial charge in [0.1, 0.15) is 5.75 Å². The molecule has 4 rings (SSSR count). The van der Waals surface area contributed by atoms with Crippen LogP contribution in [0.15, 0.2) is 46.9 Å². The quantitative estimate of drug-likeness (QED) is 0.442. The zero-order valence-electron chi connectivity index (χ0n) is 19.9. The van der Waals surface area contributed by atoms with Gasteiger partial charge >= 0.3 is 12.0 Å². The van der Waals surface area contributed by atoms with Crippen molar-refractivity contribution >= 4 is 39.7 Å². The van der Waals surface area contributed by atoms with E-state index in [1.807, 2.05) is 6.07 Å². The highest BCUT2D eigenvalue weighted by Crippen LogP contribution is 2.35. The summed E-state index contributed by atoms with van der Waals surface area (Å²) in [6, 6.07) is 11.5. The first-order chi connectivity index (χ1) is 16.5. The van der Waals surface area contributed by atoms with Gasteiger partial charge in [-0.15, -0.1) is 0 Å². The van der Waals surface area contributed by atoms with Gasteiger partial charge in [0.05, 0.1) is 19.1 Å². The van der Waals surface area contributed by atoms with Gasteiger partial charge in [-0.05, 0) is 56.2 Å². The molecule has 2 aromatic carbocycles. The highest BCUT2D eigenvalue weighted by molar-refractivity contribution is 9.10. The second-order valence-corrected chi connectivity index (χ2v) is 10.5. The van der Waals surface area contributed by atoms with E-state index in [0.29, 0.717) is 16.9 Å². The molecule has 9 nitrogen and oxygen atoms in total. The number of ether oxygens (including phenoxy) is 2. The summed E-state index contributed by atoms with van der Waals surface area (Å²) < 4.78 is 11.3. The van der Waals surface area contributed by atoms with Crippen molar-refractivity contribution in [3.05, 3.63) is 63.6 Å². The van der Waals surface area contributed by atoms with E-state index in [9.17, 15) is 19.2 Å². The van der Waals surface area contributed by atoms with Crippen LogP contribution in [0.3, 0.4) is 0 Å². The summed E-state index contributed by atoms with van der Waals surface area (Å²) in [6.07, 6.45) is 0. The molecule has 2 aliphatic heterocycles. The smallest absolute Gasteiger partial charge is 0.328 e. The zero-order valence-corrected chi connectivity index (χ0v) is 21.5. The van der Waals surface area contributed by atoms with Gasteiger partial charge < -0.3 is 19.7 Å². The fourth-order valence-corrected chi connectivity index (χ4v) is 4.36. The van der Waals surface area contributed by atoms with Crippen LogP contribution in [0, 0.1) is 5.41 Å². The van der Waals surface area contributed by atoms with Gasteiger partial charge in [0.25, 0.3) is 11.8 Å². The number of carbonyl (C=O) groups is 4. The number of hydrogen-bond donors (Lipinski definition) is 1. The van der Waals surface area contributed by atoms with Crippen molar-refractivity contribution in [1.29, 1.82) is 0 Å². The molecule has 0 aliphatic carbocycles. The molecule has 184 valence electrons. The molecule has 2 aliphatic rings. The summed E-state index contributed by atoms with van der Waals surface area (Å²) in [5, 5.41) is 2.77. The predicted molar refractivity (Wildman–Crippen MR) is 129 cm³/mol. The highest BCUT2D eigenvalue weighted by Gasteiger charge is 2.55. The summed E-state index contributed by atoms with van der Waals surface area (Å²) in [5.74, 6) is -0.861. The molecular weight excluding hydrogens is 518 g/mol. The third-order valence-electron chi connectivity index (χ3n) is 6.07. The van der Waals surface area contributed by atoms with Gasteiger partial charge in [-0.1, -0.05) is 34.1 Å². The summed E-state index contributed by atoms with van der Waals surface area (Å²) in [5.41, 5.74) is -0.549. The summed E-state index contributed by atoms with van der Waals surface area (Å²) in [6.45, 7) is 4.69. The van der Waals surface area contributed by atoms with Gasteiger partial charge in [-0.2, -0.15) is 0 Å². The molecule has 2 aromatic rings. The first-order valence-corrected chi connectivity index (χ1v) is 11.8. The summed E-state index contributed by atoms with van der Waals surface area (Å²) >= 11 is 3.38. The molecule has 0 saturated carbocycles. The maximum atomic E-state index is 13.7. The second-order valence-electron chi connectivity index (χ2n) is 9.57. The number of hydrogen-bond acceptors (Lipinski definition) is 6. The molecule has 0 spiro atoms. The van der Waals surface area contributed by atoms with E-state index in [4.69, 9.17) is 9.47 Å². The topological polar surface area (TPSA) is 105 Å². The predicted octanol–water partition coefficient (Wildman–Crippen LogP) is 3.41. The second kappa shape index (κ2) is 8.99. The lowest BCUT2D eigenvalue weighted by atomic mass is 9.89. The number of amides is 4. The minimum absolute atomic E-state index is 0.0985. The first-order valence-electron chi connectivity index (χ1n) is 11.0. The number of nitrogens with zero attached hydrogens (tertiary/aromatic N) is 2. The van der Waals surface area contributed by atoms with Crippen molar-refractivity contribution in [3.8, 4) is 5.75 Å². The molecule has 1 atom stereocenters. The Morgan fingerprint density at radius 1 is 1.11 bits per heavy atom. The van der Waals surface area contributed by atoms with Crippen LogP contribution in [-0.2, 0) is 26.4 Å². The number of methoxy groups -OCH3 is 1.